The summed E-state index contributed by atoms with van der Waals surface area (Å²) in [6.45, 7) is 2.38. The van der Waals surface area contributed by atoms with E-state index >= 15 is 0 Å². The van der Waals surface area contributed by atoms with E-state index in [1.165, 1.54) is 32.1 Å². The van der Waals surface area contributed by atoms with E-state index in [0.29, 0.717) is 11.7 Å². The van der Waals surface area contributed by atoms with Crippen molar-refractivity contribution in [2.75, 3.05) is 19.0 Å². The second kappa shape index (κ2) is 9.30. The van der Waals surface area contributed by atoms with Crippen molar-refractivity contribution in [3.63, 3.8) is 0 Å². The molecule has 25 heavy (non-hydrogen) atoms. The molecule has 1 atom stereocenters. The Kier molecular flexibility index (Phi) is 7.10. The highest BCUT2D eigenvalue weighted by atomic mass is 16.5. The number of primary amides is 1. The van der Waals surface area contributed by atoms with Crippen LogP contribution in [0.3, 0.4) is 0 Å². The normalized spacial score (nSPS) is 16.1. The van der Waals surface area contributed by atoms with Crippen LogP contribution in [0.1, 0.15) is 45.4 Å². The second-order valence-electron chi connectivity index (χ2n) is 6.77. The van der Waals surface area contributed by atoms with Gasteiger partial charge >= 0.3 is 6.03 Å². The minimum Gasteiger partial charge on any atom is -0.493 e. The van der Waals surface area contributed by atoms with Gasteiger partial charge in [0.05, 0.1) is 13.0 Å². The molecule has 3 amide bonds. The zero-order chi connectivity index (χ0) is 18.2. The molecule has 0 heterocycles. The zero-order valence-corrected chi connectivity index (χ0v) is 15.2. The highest BCUT2D eigenvalue weighted by Gasteiger charge is 2.25. The van der Waals surface area contributed by atoms with E-state index in [1.54, 1.807) is 29.2 Å². The Bertz CT molecular complexity index is 568. The molecule has 0 aliphatic heterocycles. The van der Waals surface area contributed by atoms with Gasteiger partial charge in [0.15, 0.2) is 0 Å². The van der Waals surface area contributed by atoms with Gasteiger partial charge in [0.25, 0.3) is 0 Å². The van der Waals surface area contributed by atoms with Gasteiger partial charge < -0.3 is 20.7 Å². The standard InChI is InChI=1S/C19H29N3O3/c1-14(15-6-4-3-5-7-15)22(2)19(24)21-16-8-10-17(11-9-16)25-13-12-18(20)23/h8-11,14-15H,3-7,12-13H2,1-2H3,(H2,20,23)(H,21,24)/t14-/m0/s1. The van der Waals surface area contributed by atoms with Gasteiger partial charge in [-0.2, -0.15) is 0 Å². The van der Waals surface area contributed by atoms with Crippen molar-refractivity contribution in [2.24, 2.45) is 11.7 Å². The first-order chi connectivity index (χ1) is 12.0. The second-order valence-corrected chi connectivity index (χ2v) is 6.77. The lowest BCUT2D eigenvalue weighted by molar-refractivity contribution is -0.118. The molecule has 1 aliphatic rings. The Morgan fingerprint density at radius 2 is 1.88 bits per heavy atom. The monoisotopic (exact) mass is 347 g/mol. The van der Waals surface area contributed by atoms with Gasteiger partial charge in [-0.1, -0.05) is 19.3 Å². The van der Waals surface area contributed by atoms with Gasteiger partial charge in [-0.3, -0.25) is 4.79 Å². The predicted molar refractivity (Wildman–Crippen MR) is 98.6 cm³/mol. The quantitative estimate of drug-likeness (QED) is 0.793. The van der Waals surface area contributed by atoms with Crippen molar-refractivity contribution < 1.29 is 14.3 Å². The van der Waals surface area contributed by atoms with Gasteiger partial charge in [0.2, 0.25) is 5.91 Å². The van der Waals surface area contributed by atoms with E-state index in [9.17, 15) is 9.59 Å². The smallest absolute Gasteiger partial charge is 0.321 e. The van der Waals surface area contributed by atoms with Gasteiger partial charge in [0.1, 0.15) is 5.75 Å². The summed E-state index contributed by atoms with van der Waals surface area (Å²) in [6.07, 6.45) is 6.44. The van der Waals surface area contributed by atoms with Crippen molar-refractivity contribution in [2.45, 2.75) is 51.5 Å². The van der Waals surface area contributed by atoms with Gasteiger partial charge in [0, 0.05) is 18.8 Å². The molecule has 3 N–H and O–H groups in total. The average Bonchev–Trinajstić information content (AvgIpc) is 2.62. The summed E-state index contributed by atoms with van der Waals surface area (Å²) in [5, 5.41) is 2.92. The lowest BCUT2D eigenvalue weighted by atomic mass is 9.84. The van der Waals surface area contributed by atoms with Crippen LogP contribution >= 0.6 is 0 Å². The summed E-state index contributed by atoms with van der Waals surface area (Å²) >= 11 is 0. The Morgan fingerprint density at radius 1 is 1.24 bits per heavy atom. The van der Waals surface area contributed by atoms with Crippen LogP contribution in [0.15, 0.2) is 24.3 Å². The van der Waals surface area contributed by atoms with E-state index in [0.717, 1.165) is 5.69 Å². The van der Waals surface area contributed by atoms with Gasteiger partial charge in [-0.15, -0.1) is 0 Å². The number of anilines is 1. The van der Waals surface area contributed by atoms with E-state index in [2.05, 4.69) is 12.2 Å². The van der Waals surface area contributed by atoms with Crippen LogP contribution in [-0.2, 0) is 4.79 Å². The fourth-order valence-electron chi connectivity index (χ4n) is 3.23. The minimum absolute atomic E-state index is 0.0968. The number of rotatable bonds is 7. The van der Waals surface area contributed by atoms with E-state index in [-0.39, 0.29) is 31.0 Å². The summed E-state index contributed by atoms with van der Waals surface area (Å²) < 4.78 is 5.42. The number of urea groups is 1. The molecule has 2 rings (SSSR count). The Hall–Kier alpha value is -2.24. The molecule has 1 saturated carbocycles. The fraction of sp³-hybridized carbons (Fsp3) is 0.579. The highest BCUT2D eigenvalue weighted by Crippen LogP contribution is 2.28. The molecule has 0 unspecified atom stereocenters. The van der Waals surface area contributed by atoms with E-state index < -0.39 is 0 Å². The van der Waals surface area contributed by atoms with E-state index in [1.807, 2.05) is 7.05 Å². The zero-order valence-electron chi connectivity index (χ0n) is 15.2. The molecule has 0 spiro atoms. The number of amides is 3. The van der Waals surface area contributed by atoms with Crippen LogP contribution in [0.2, 0.25) is 0 Å². The third-order valence-electron chi connectivity index (χ3n) is 4.99. The molecule has 0 radical (unpaired) electrons. The van der Waals surface area contributed by atoms with Crippen LogP contribution in [0, 0.1) is 5.92 Å². The molecule has 1 aromatic carbocycles. The van der Waals surface area contributed by atoms with Crippen molar-refractivity contribution in [3.05, 3.63) is 24.3 Å². The fourth-order valence-corrected chi connectivity index (χ4v) is 3.23. The van der Waals surface area contributed by atoms with Crippen LogP contribution < -0.4 is 15.8 Å². The van der Waals surface area contributed by atoms with Crippen LogP contribution in [0.4, 0.5) is 10.5 Å². The summed E-state index contributed by atoms with van der Waals surface area (Å²) in [5.74, 6) is 0.840. The highest BCUT2D eigenvalue weighted by molar-refractivity contribution is 5.89. The van der Waals surface area contributed by atoms with Crippen molar-refractivity contribution >= 4 is 17.6 Å². The van der Waals surface area contributed by atoms with Crippen LogP contribution in [0.25, 0.3) is 0 Å². The molecule has 6 nitrogen and oxygen atoms in total. The number of ether oxygens (including phenoxy) is 1. The number of hydrogen-bond acceptors (Lipinski definition) is 3. The summed E-state index contributed by atoms with van der Waals surface area (Å²) in [5.41, 5.74) is 5.79. The molecule has 1 fully saturated rings. The maximum absolute atomic E-state index is 12.5. The third kappa shape index (κ3) is 5.96. The Balaban J connectivity index is 1.83. The minimum atomic E-state index is -0.390. The summed E-state index contributed by atoms with van der Waals surface area (Å²) in [6, 6.07) is 7.24. The molecule has 1 aromatic rings. The molecule has 138 valence electrons. The van der Waals surface area contributed by atoms with Crippen molar-refractivity contribution in [3.8, 4) is 5.75 Å². The van der Waals surface area contributed by atoms with Crippen molar-refractivity contribution in [1.29, 1.82) is 0 Å². The first-order valence-corrected chi connectivity index (χ1v) is 9.02. The number of carbonyl (C=O) groups is 2. The summed E-state index contributed by atoms with van der Waals surface area (Å²) in [4.78, 5) is 24.9. The molecule has 6 heteroatoms. The first kappa shape index (κ1) is 19.1. The first-order valence-electron chi connectivity index (χ1n) is 9.02. The Morgan fingerprint density at radius 3 is 2.48 bits per heavy atom. The third-order valence-corrected chi connectivity index (χ3v) is 4.99. The molecule has 0 aromatic heterocycles. The SMILES string of the molecule is C[C@@H](C1CCCCC1)N(C)C(=O)Nc1ccc(OCCC(N)=O)cc1. The Labute approximate surface area is 149 Å². The molecular weight excluding hydrogens is 318 g/mol. The van der Waals surface area contributed by atoms with Gasteiger partial charge in [-0.25, -0.2) is 4.79 Å². The number of benzene rings is 1. The lowest BCUT2D eigenvalue weighted by Gasteiger charge is -2.34. The van der Waals surface area contributed by atoms with Crippen LogP contribution in [-0.4, -0.2) is 36.5 Å². The maximum atomic E-state index is 12.5. The van der Waals surface area contributed by atoms with E-state index in [4.69, 9.17) is 10.5 Å². The lowest BCUT2D eigenvalue weighted by Crippen LogP contribution is -2.42. The largest absolute Gasteiger partial charge is 0.493 e. The van der Waals surface area contributed by atoms with Gasteiger partial charge in [-0.05, 0) is 49.9 Å². The summed E-state index contributed by atoms with van der Waals surface area (Å²) in [7, 11) is 1.86. The maximum Gasteiger partial charge on any atom is 0.321 e. The number of nitrogens with zero attached hydrogens (tertiary/aromatic N) is 1. The molecule has 0 saturated heterocycles. The average molecular weight is 347 g/mol. The van der Waals surface area contributed by atoms with Crippen LogP contribution in [0.5, 0.6) is 5.75 Å². The number of nitrogens with one attached hydrogen (secondary N) is 1. The van der Waals surface area contributed by atoms with Crippen molar-refractivity contribution in [1.82, 2.24) is 4.90 Å². The molecular formula is C19H29N3O3. The molecule has 1 aliphatic carbocycles. The number of carbonyl (C=O) groups excluding carboxylic acids is 2. The number of nitrogens with two attached hydrogens (primary N) is 1. The predicted octanol–water partition coefficient (Wildman–Crippen LogP) is 3.37. The molecule has 0 bridgehead atoms. The number of hydrogen-bond donors (Lipinski definition) is 2. The topological polar surface area (TPSA) is 84.7 Å².